The van der Waals surface area contributed by atoms with Gasteiger partial charge in [-0.3, -0.25) is 4.99 Å². The van der Waals surface area contributed by atoms with Crippen LogP contribution in [0.4, 0.5) is 10.2 Å². The summed E-state index contributed by atoms with van der Waals surface area (Å²) < 4.78 is 20.0. The number of methoxy groups -OCH3 is 1. The molecule has 1 aromatic carbocycles. The van der Waals surface area contributed by atoms with Crippen LogP contribution in [0.25, 0.3) is 5.69 Å². The average Bonchev–Trinajstić information content (AvgIpc) is 3.05. The monoisotopic (exact) mass is 543 g/mol. The quantitative estimate of drug-likeness (QED) is 0.194. The standard InChI is InChI=1S/C21H30FN7O.HI/c1-5-25-20(27-14-21(2,3)30-4)26-12-6-7-18-17(13-23)19(24)29(28-18)16-10-8-15(22)9-11-16;/h8-11H,5-7,12,14,24H2,1-4H3,(H2,25,26,27);1H. The number of anilines is 1. The van der Waals surface area contributed by atoms with Gasteiger partial charge in [-0.25, -0.2) is 9.07 Å². The van der Waals surface area contributed by atoms with Gasteiger partial charge in [-0.15, -0.1) is 24.0 Å². The SMILES string of the molecule is CCNC(=NCC(C)(C)OC)NCCCc1nn(-c2ccc(F)cc2)c(N)c1C#N.I. The van der Waals surface area contributed by atoms with E-state index in [-0.39, 0.29) is 41.2 Å². The molecule has 0 radical (unpaired) electrons. The highest BCUT2D eigenvalue weighted by Crippen LogP contribution is 2.21. The van der Waals surface area contributed by atoms with Crippen LogP contribution >= 0.6 is 24.0 Å². The zero-order chi connectivity index (χ0) is 22.1. The van der Waals surface area contributed by atoms with Crippen LogP contribution in [-0.4, -0.2) is 48.1 Å². The number of hydrogen-bond acceptors (Lipinski definition) is 5. The van der Waals surface area contributed by atoms with E-state index < -0.39 is 0 Å². The fourth-order valence-corrected chi connectivity index (χ4v) is 2.69. The molecule has 8 nitrogen and oxygen atoms in total. The van der Waals surface area contributed by atoms with Gasteiger partial charge in [0.05, 0.1) is 23.5 Å². The molecule has 0 saturated heterocycles. The van der Waals surface area contributed by atoms with Gasteiger partial charge in [-0.2, -0.15) is 10.4 Å². The van der Waals surface area contributed by atoms with Gasteiger partial charge in [-0.05, 0) is 57.9 Å². The molecule has 0 bridgehead atoms. The molecule has 1 heterocycles. The molecule has 0 aliphatic rings. The summed E-state index contributed by atoms with van der Waals surface area (Å²) in [6.07, 6.45) is 1.30. The van der Waals surface area contributed by atoms with Crippen molar-refractivity contribution >= 4 is 35.8 Å². The normalized spacial score (nSPS) is 11.5. The summed E-state index contributed by atoms with van der Waals surface area (Å²) in [5.74, 6) is 0.617. The molecule has 0 aliphatic heterocycles. The zero-order valence-corrected chi connectivity index (χ0v) is 20.7. The van der Waals surface area contributed by atoms with E-state index >= 15 is 0 Å². The first-order valence-electron chi connectivity index (χ1n) is 9.92. The van der Waals surface area contributed by atoms with Crippen molar-refractivity contribution in [3.05, 3.63) is 41.3 Å². The van der Waals surface area contributed by atoms with Gasteiger partial charge in [0.1, 0.15) is 23.3 Å². The van der Waals surface area contributed by atoms with Crippen LogP contribution in [0.2, 0.25) is 0 Å². The summed E-state index contributed by atoms with van der Waals surface area (Å²) in [5, 5.41) is 20.4. The second-order valence-electron chi connectivity index (χ2n) is 7.40. The van der Waals surface area contributed by atoms with Crippen LogP contribution in [0.5, 0.6) is 0 Å². The minimum atomic E-state index is -0.344. The molecule has 0 amide bonds. The van der Waals surface area contributed by atoms with E-state index in [0.717, 1.165) is 13.0 Å². The number of guanidine groups is 1. The number of benzene rings is 1. The van der Waals surface area contributed by atoms with Gasteiger partial charge < -0.3 is 21.1 Å². The van der Waals surface area contributed by atoms with E-state index in [1.54, 1.807) is 19.2 Å². The van der Waals surface area contributed by atoms with Crippen LogP contribution < -0.4 is 16.4 Å². The van der Waals surface area contributed by atoms with Crippen molar-refractivity contribution in [1.82, 2.24) is 20.4 Å². The number of nitriles is 1. The predicted molar refractivity (Wildman–Crippen MR) is 131 cm³/mol. The van der Waals surface area contributed by atoms with Crippen molar-refractivity contribution in [3.63, 3.8) is 0 Å². The lowest BCUT2D eigenvalue weighted by Crippen LogP contribution is -2.39. The molecular formula is C21H31FIN7O. The van der Waals surface area contributed by atoms with E-state index in [1.807, 2.05) is 20.8 Å². The number of hydrogen-bond donors (Lipinski definition) is 3. The topological polar surface area (TPSA) is 113 Å². The highest BCUT2D eigenvalue weighted by atomic mass is 127. The number of rotatable bonds is 9. The van der Waals surface area contributed by atoms with E-state index in [0.29, 0.717) is 42.4 Å². The number of ether oxygens (including phenoxy) is 1. The first-order chi connectivity index (χ1) is 14.3. The molecule has 0 atom stereocenters. The molecule has 0 fully saturated rings. The van der Waals surface area contributed by atoms with Gasteiger partial charge in [0.2, 0.25) is 0 Å². The van der Waals surface area contributed by atoms with E-state index in [1.165, 1.54) is 16.8 Å². The summed E-state index contributed by atoms with van der Waals surface area (Å²) in [4.78, 5) is 4.55. The molecule has 0 spiro atoms. The largest absolute Gasteiger partial charge is 0.382 e. The van der Waals surface area contributed by atoms with Crippen molar-refractivity contribution in [2.75, 3.05) is 32.5 Å². The summed E-state index contributed by atoms with van der Waals surface area (Å²) in [6, 6.07) is 7.94. The Morgan fingerprint density at radius 3 is 2.58 bits per heavy atom. The minimum Gasteiger partial charge on any atom is -0.382 e. The molecule has 0 saturated carbocycles. The van der Waals surface area contributed by atoms with Gasteiger partial charge in [0.15, 0.2) is 5.96 Å². The van der Waals surface area contributed by atoms with Crippen molar-refractivity contribution < 1.29 is 9.13 Å². The number of aryl methyl sites for hydroxylation is 1. The summed E-state index contributed by atoms with van der Waals surface area (Å²) in [7, 11) is 1.67. The first kappa shape index (κ1) is 26.6. The van der Waals surface area contributed by atoms with E-state index in [9.17, 15) is 9.65 Å². The van der Waals surface area contributed by atoms with Gasteiger partial charge in [0.25, 0.3) is 0 Å². The van der Waals surface area contributed by atoms with E-state index in [4.69, 9.17) is 10.5 Å². The lowest BCUT2D eigenvalue weighted by molar-refractivity contribution is 0.0310. The maximum absolute atomic E-state index is 13.2. The molecule has 0 aliphatic carbocycles. The zero-order valence-electron chi connectivity index (χ0n) is 18.4. The summed E-state index contributed by atoms with van der Waals surface area (Å²) in [6.45, 7) is 7.87. The first-order valence-corrected chi connectivity index (χ1v) is 9.92. The Kier molecular flexibility index (Phi) is 10.7. The van der Waals surface area contributed by atoms with Crippen LogP contribution in [0.3, 0.4) is 0 Å². The molecular weight excluding hydrogens is 512 g/mol. The van der Waals surface area contributed by atoms with Crippen molar-refractivity contribution in [3.8, 4) is 11.8 Å². The van der Waals surface area contributed by atoms with Gasteiger partial charge in [0, 0.05) is 20.2 Å². The molecule has 10 heteroatoms. The maximum atomic E-state index is 13.2. The number of aromatic nitrogens is 2. The maximum Gasteiger partial charge on any atom is 0.191 e. The third kappa shape index (κ3) is 7.66. The molecule has 31 heavy (non-hydrogen) atoms. The molecule has 1 aromatic heterocycles. The molecule has 0 unspecified atom stereocenters. The van der Waals surface area contributed by atoms with Gasteiger partial charge in [-0.1, -0.05) is 0 Å². The van der Waals surface area contributed by atoms with Crippen LogP contribution in [0.15, 0.2) is 29.3 Å². The van der Waals surface area contributed by atoms with Crippen molar-refractivity contribution in [1.29, 1.82) is 5.26 Å². The second kappa shape index (κ2) is 12.5. The summed E-state index contributed by atoms with van der Waals surface area (Å²) in [5.41, 5.74) is 7.33. The Hall–Kier alpha value is -2.39. The number of nitrogens with one attached hydrogen (secondary N) is 2. The Morgan fingerprint density at radius 2 is 2.00 bits per heavy atom. The minimum absolute atomic E-state index is 0. The Balaban J connectivity index is 0.00000480. The van der Waals surface area contributed by atoms with Crippen molar-refractivity contribution in [2.45, 2.75) is 39.2 Å². The van der Waals surface area contributed by atoms with Gasteiger partial charge >= 0.3 is 0 Å². The summed E-state index contributed by atoms with van der Waals surface area (Å²) >= 11 is 0. The number of aliphatic imine (C=N–C) groups is 1. The smallest absolute Gasteiger partial charge is 0.191 e. The number of nitrogen functional groups attached to an aromatic ring is 1. The fraction of sp³-hybridized carbons (Fsp3) is 0.476. The molecule has 4 N–H and O–H groups in total. The molecule has 2 aromatic rings. The lowest BCUT2D eigenvalue weighted by atomic mass is 10.1. The average molecular weight is 543 g/mol. The number of halogens is 2. The highest BCUT2D eigenvalue weighted by molar-refractivity contribution is 14.0. The molecule has 2 rings (SSSR count). The Bertz CT molecular complexity index is 904. The Morgan fingerprint density at radius 1 is 1.32 bits per heavy atom. The molecule has 170 valence electrons. The van der Waals surface area contributed by atoms with Crippen LogP contribution in [0.1, 0.15) is 38.4 Å². The second-order valence-corrected chi connectivity index (χ2v) is 7.40. The lowest BCUT2D eigenvalue weighted by Gasteiger charge is -2.21. The Labute approximate surface area is 200 Å². The van der Waals surface area contributed by atoms with Crippen LogP contribution in [-0.2, 0) is 11.2 Å². The third-order valence-corrected chi connectivity index (χ3v) is 4.57. The predicted octanol–water partition coefficient (Wildman–Crippen LogP) is 3.00. The van der Waals surface area contributed by atoms with Crippen molar-refractivity contribution in [2.24, 2.45) is 4.99 Å². The third-order valence-electron chi connectivity index (χ3n) is 4.57. The fourth-order valence-electron chi connectivity index (χ4n) is 2.69. The number of nitrogens with zero attached hydrogens (tertiary/aromatic N) is 4. The van der Waals surface area contributed by atoms with Crippen LogP contribution in [0, 0.1) is 17.1 Å². The highest BCUT2D eigenvalue weighted by Gasteiger charge is 2.17. The number of nitrogens with two attached hydrogens (primary N) is 1. The van der Waals surface area contributed by atoms with E-state index in [2.05, 4.69) is 26.8 Å².